The molecule has 1 saturated heterocycles. The van der Waals surface area contributed by atoms with Gasteiger partial charge in [-0.3, -0.25) is 9.89 Å². The van der Waals surface area contributed by atoms with Gasteiger partial charge in [0.25, 0.3) is 0 Å². The van der Waals surface area contributed by atoms with E-state index in [1.165, 1.54) is 18.4 Å². The van der Waals surface area contributed by atoms with E-state index in [0.29, 0.717) is 5.92 Å². The lowest BCUT2D eigenvalue weighted by molar-refractivity contribution is 0.164. The van der Waals surface area contributed by atoms with Crippen molar-refractivity contribution in [3.8, 4) is 5.75 Å². The number of nitrogens with zero attached hydrogens (tertiary/aromatic N) is 3. The number of hydrogen-bond donors (Lipinski definition) is 2. The molecule has 2 N–H and O–H groups in total. The molecule has 1 aromatic carbocycles. The summed E-state index contributed by atoms with van der Waals surface area (Å²) in [6.45, 7) is 8.74. The Kier molecular flexibility index (Phi) is 10.6. The number of guanidine groups is 1. The van der Waals surface area contributed by atoms with Crippen molar-refractivity contribution in [2.45, 2.75) is 39.7 Å². The first kappa shape index (κ1) is 25.5. The second kappa shape index (κ2) is 12.9. The van der Waals surface area contributed by atoms with Crippen LogP contribution in [0.15, 0.2) is 33.7 Å². The van der Waals surface area contributed by atoms with Crippen LogP contribution < -0.4 is 15.4 Å². The van der Waals surface area contributed by atoms with Crippen LogP contribution in [0.3, 0.4) is 0 Å². The number of aromatic nitrogens is 1. The second-order valence-corrected chi connectivity index (χ2v) is 7.95. The number of nitrogens with one attached hydrogen (secondary N) is 2. The molecule has 1 fully saturated rings. The maximum absolute atomic E-state index is 5.72. The van der Waals surface area contributed by atoms with Crippen molar-refractivity contribution in [3.05, 3.63) is 47.2 Å². The Labute approximate surface area is 203 Å². The third-order valence-corrected chi connectivity index (χ3v) is 5.79. The van der Waals surface area contributed by atoms with Crippen LogP contribution >= 0.6 is 24.0 Å². The normalized spacial score (nSPS) is 15.4. The molecule has 0 spiro atoms. The van der Waals surface area contributed by atoms with Crippen molar-refractivity contribution in [2.24, 2.45) is 10.9 Å². The number of oxazole rings is 1. The molecule has 1 aliphatic rings. The average Bonchev–Trinajstić information content (AvgIpc) is 3.08. The molecule has 0 amide bonds. The zero-order valence-corrected chi connectivity index (χ0v) is 21.4. The molecular formula is C23H36IN5O2. The lowest BCUT2D eigenvalue weighted by atomic mass is 9.97. The Balaban J connectivity index is 0.00000341. The maximum Gasteiger partial charge on any atom is 0.208 e. The van der Waals surface area contributed by atoms with Gasteiger partial charge in [0.05, 0.1) is 19.3 Å². The van der Waals surface area contributed by atoms with Crippen LogP contribution in [0.5, 0.6) is 5.75 Å². The Morgan fingerprint density at radius 1 is 1.19 bits per heavy atom. The monoisotopic (exact) mass is 541 g/mol. The molecule has 2 aromatic rings. The predicted molar refractivity (Wildman–Crippen MR) is 135 cm³/mol. The molecule has 1 aromatic heterocycles. The summed E-state index contributed by atoms with van der Waals surface area (Å²) >= 11 is 0. The highest BCUT2D eigenvalue weighted by Crippen LogP contribution is 2.19. The standard InChI is InChI=1S/C23H35N5O2.HI/c1-17-18(2)30-22(27-17)16-28-13-10-20(11-14-28)15-26-23(24-3)25-12-9-19-5-7-21(29-4)8-6-19;/h5-8,20H,9-16H2,1-4H3,(H2,24,25,26);1H. The molecule has 31 heavy (non-hydrogen) atoms. The Morgan fingerprint density at radius 3 is 2.48 bits per heavy atom. The van der Waals surface area contributed by atoms with Gasteiger partial charge in [0.15, 0.2) is 5.96 Å². The van der Waals surface area contributed by atoms with Crippen molar-refractivity contribution in [2.75, 3.05) is 40.3 Å². The summed E-state index contributed by atoms with van der Waals surface area (Å²) in [6.07, 6.45) is 3.30. The minimum Gasteiger partial charge on any atom is -0.497 e. The van der Waals surface area contributed by atoms with Gasteiger partial charge in [0.2, 0.25) is 5.89 Å². The third-order valence-electron chi connectivity index (χ3n) is 5.79. The number of hydrogen-bond acceptors (Lipinski definition) is 5. The van der Waals surface area contributed by atoms with E-state index < -0.39 is 0 Å². The molecule has 1 aliphatic heterocycles. The minimum absolute atomic E-state index is 0. The van der Waals surface area contributed by atoms with E-state index in [1.807, 2.05) is 33.0 Å². The van der Waals surface area contributed by atoms with Crippen molar-refractivity contribution in [1.82, 2.24) is 20.5 Å². The van der Waals surface area contributed by atoms with Crippen LogP contribution in [-0.2, 0) is 13.0 Å². The Bertz CT molecular complexity index is 794. The lowest BCUT2D eigenvalue weighted by Gasteiger charge is -2.31. The van der Waals surface area contributed by atoms with E-state index in [0.717, 1.165) is 68.2 Å². The molecule has 8 heteroatoms. The van der Waals surface area contributed by atoms with Crippen molar-refractivity contribution in [3.63, 3.8) is 0 Å². The number of likely N-dealkylation sites (tertiary alicyclic amines) is 1. The molecule has 3 rings (SSSR count). The highest BCUT2D eigenvalue weighted by Gasteiger charge is 2.21. The molecule has 0 saturated carbocycles. The summed E-state index contributed by atoms with van der Waals surface area (Å²) in [6, 6.07) is 8.20. The van der Waals surface area contributed by atoms with Gasteiger partial charge in [-0.15, -0.1) is 24.0 Å². The molecule has 7 nitrogen and oxygen atoms in total. The fraction of sp³-hybridized carbons (Fsp3) is 0.565. The number of halogens is 1. The second-order valence-electron chi connectivity index (χ2n) is 7.95. The van der Waals surface area contributed by atoms with E-state index in [9.17, 15) is 0 Å². The Hall–Kier alpha value is -1.81. The van der Waals surface area contributed by atoms with Crippen LogP contribution in [0.25, 0.3) is 0 Å². The molecule has 0 aliphatic carbocycles. The smallest absolute Gasteiger partial charge is 0.208 e. The number of piperidine rings is 1. The van der Waals surface area contributed by atoms with E-state index in [2.05, 4.69) is 37.6 Å². The SMILES string of the molecule is CN=C(NCCc1ccc(OC)cc1)NCC1CCN(Cc2nc(C)c(C)o2)CC1.I. The quantitative estimate of drug-likeness (QED) is 0.303. The molecule has 172 valence electrons. The van der Waals surface area contributed by atoms with Crippen LogP contribution in [-0.4, -0.2) is 56.2 Å². The first-order valence-corrected chi connectivity index (χ1v) is 10.8. The molecular weight excluding hydrogens is 505 g/mol. The van der Waals surface area contributed by atoms with Crippen LogP contribution in [0.1, 0.15) is 35.7 Å². The van der Waals surface area contributed by atoms with E-state index >= 15 is 0 Å². The number of rotatable bonds is 8. The van der Waals surface area contributed by atoms with Gasteiger partial charge < -0.3 is 19.8 Å². The maximum atomic E-state index is 5.72. The summed E-state index contributed by atoms with van der Waals surface area (Å²) < 4.78 is 10.9. The molecule has 0 atom stereocenters. The zero-order chi connectivity index (χ0) is 21.3. The van der Waals surface area contributed by atoms with Gasteiger partial charge in [-0.25, -0.2) is 4.98 Å². The van der Waals surface area contributed by atoms with E-state index in [4.69, 9.17) is 9.15 Å². The highest BCUT2D eigenvalue weighted by molar-refractivity contribution is 14.0. The van der Waals surface area contributed by atoms with Crippen LogP contribution in [0.4, 0.5) is 0 Å². The first-order chi connectivity index (χ1) is 14.6. The number of methoxy groups -OCH3 is 1. The van der Waals surface area contributed by atoms with Gasteiger partial charge in [0, 0.05) is 20.1 Å². The van der Waals surface area contributed by atoms with E-state index in [-0.39, 0.29) is 24.0 Å². The number of benzene rings is 1. The van der Waals surface area contributed by atoms with Gasteiger partial charge in [-0.1, -0.05) is 12.1 Å². The topological polar surface area (TPSA) is 74.9 Å². The molecule has 0 radical (unpaired) electrons. The number of aryl methyl sites for hydroxylation is 2. The summed E-state index contributed by atoms with van der Waals surface area (Å²) in [7, 11) is 3.51. The van der Waals surface area contributed by atoms with Gasteiger partial charge in [0.1, 0.15) is 11.5 Å². The predicted octanol–water partition coefficient (Wildman–Crippen LogP) is 3.54. The lowest BCUT2D eigenvalue weighted by Crippen LogP contribution is -2.43. The number of ether oxygens (including phenoxy) is 1. The molecule has 0 bridgehead atoms. The summed E-state index contributed by atoms with van der Waals surface area (Å²) in [5.41, 5.74) is 2.28. The van der Waals surface area contributed by atoms with Gasteiger partial charge in [-0.2, -0.15) is 0 Å². The van der Waals surface area contributed by atoms with E-state index in [1.54, 1.807) is 7.11 Å². The van der Waals surface area contributed by atoms with Crippen molar-refractivity contribution in [1.29, 1.82) is 0 Å². The third kappa shape index (κ3) is 7.99. The Morgan fingerprint density at radius 2 is 1.90 bits per heavy atom. The highest BCUT2D eigenvalue weighted by atomic mass is 127. The fourth-order valence-electron chi connectivity index (χ4n) is 3.73. The first-order valence-electron chi connectivity index (χ1n) is 10.8. The molecule has 0 unspecified atom stereocenters. The summed E-state index contributed by atoms with van der Waals surface area (Å²) in [5, 5.41) is 6.90. The molecule has 2 heterocycles. The van der Waals surface area contributed by atoms with Crippen molar-refractivity contribution >= 4 is 29.9 Å². The largest absolute Gasteiger partial charge is 0.497 e. The summed E-state index contributed by atoms with van der Waals surface area (Å²) in [4.78, 5) is 11.3. The zero-order valence-electron chi connectivity index (χ0n) is 19.1. The fourth-order valence-corrected chi connectivity index (χ4v) is 3.73. The average molecular weight is 541 g/mol. The van der Waals surface area contributed by atoms with Gasteiger partial charge in [-0.05, 0) is 69.8 Å². The minimum atomic E-state index is 0. The van der Waals surface area contributed by atoms with Crippen molar-refractivity contribution < 1.29 is 9.15 Å². The van der Waals surface area contributed by atoms with Gasteiger partial charge >= 0.3 is 0 Å². The van der Waals surface area contributed by atoms with Crippen LogP contribution in [0.2, 0.25) is 0 Å². The number of aliphatic imine (C=N–C) groups is 1. The summed E-state index contributed by atoms with van der Waals surface area (Å²) in [5.74, 6) is 4.19. The van der Waals surface area contributed by atoms with Crippen LogP contribution in [0, 0.1) is 19.8 Å².